The highest BCUT2D eigenvalue weighted by Crippen LogP contribution is 2.29. The fourth-order valence-electron chi connectivity index (χ4n) is 3.34. The molecule has 3 N–H and O–H groups in total. The summed E-state index contributed by atoms with van der Waals surface area (Å²) in [5.74, 6) is 0.536. The molecule has 0 aliphatic heterocycles. The van der Waals surface area contributed by atoms with E-state index in [1.807, 2.05) is 31.2 Å². The van der Waals surface area contributed by atoms with Crippen LogP contribution in [-0.2, 0) is 35.5 Å². The van der Waals surface area contributed by atoms with Gasteiger partial charge in [-0.25, -0.2) is 9.78 Å². The first-order valence-electron chi connectivity index (χ1n) is 11.9. The Morgan fingerprint density at radius 1 is 1.18 bits per heavy atom. The molecule has 1 heterocycles. The van der Waals surface area contributed by atoms with E-state index < -0.39 is 16.7 Å². The van der Waals surface area contributed by atoms with Gasteiger partial charge >= 0.3 is 12.1 Å². The summed E-state index contributed by atoms with van der Waals surface area (Å²) in [5.41, 5.74) is 3.16. The van der Waals surface area contributed by atoms with Gasteiger partial charge in [0.25, 0.3) is 0 Å². The number of carbonyl (C=O) groups is 2. The van der Waals surface area contributed by atoms with Gasteiger partial charge in [0.1, 0.15) is 5.82 Å². The van der Waals surface area contributed by atoms with Crippen LogP contribution in [0, 0.1) is 0 Å². The number of benzene rings is 2. The van der Waals surface area contributed by atoms with E-state index in [2.05, 4.69) is 29.7 Å². The number of aliphatic hydroxyl groups is 1. The predicted octanol–water partition coefficient (Wildman–Crippen LogP) is 4.45. The Kier molecular flexibility index (Phi) is 10.6. The van der Waals surface area contributed by atoms with Crippen molar-refractivity contribution < 1.29 is 28.4 Å². The topological polar surface area (TPSA) is 152 Å². The summed E-state index contributed by atoms with van der Waals surface area (Å²) in [4.78, 5) is 32.4. The van der Waals surface area contributed by atoms with Crippen molar-refractivity contribution in [1.29, 1.82) is 0 Å². The van der Waals surface area contributed by atoms with Gasteiger partial charge < -0.3 is 29.4 Å². The normalized spacial score (nSPS) is 12.4. The van der Waals surface area contributed by atoms with E-state index in [4.69, 9.17) is 4.74 Å². The fraction of sp³-hybridized carbons (Fsp3) is 0.308. The second-order valence-corrected chi connectivity index (χ2v) is 9.30. The summed E-state index contributed by atoms with van der Waals surface area (Å²) in [6.45, 7) is 3.52. The van der Waals surface area contributed by atoms with Gasteiger partial charge in [-0.05, 0) is 43.5 Å². The molecule has 0 saturated heterocycles. The molecule has 12 heteroatoms. The minimum absolute atomic E-state index is 0.0964. The minimum Gasteiger partial charge on any atom is -0.469 e. The predicted molar refractivity (Wildman–Crippen MR) is 143 cm³/mol. The lowest BCUT2D eigenvalue weighted by atomic mass is 10.0. The molecule has 0 spiro atoms. The Morgan fingerprint density at radius 3 is 2.63 bits per heavy atom. The van der Waals surface area contributed by atoms with Gasteiger partial charge in [-0.3, -0.25) is 9.16 Å². The third-order valence-electron chi connectivity index (χ3n) is 5.27. The van der Waals surface area contributed by atoms with Crippen molar-refractivity contribution in [3.8, 4) is 11.1 Å². The molecule has 0 unspecified atom stereocenters. The second kappa shape index (κ2) is 14.1. The summed E-state index contributed by atoms with van der Waals surface area (Å²) in [6.07, 6.45) is 1.59. The number of aromatic nitrogens is 2. The monoisotopic (exact) mass is 540 g/mol. The molecule has 1 amide bonds. The molecule has 0 aliphatic carbocycles. The maximum atomic E-state index is 12.2. The van der Waals surface area contributed by atoms with Gasteiger partial charge in [-0.15, -0.1) is 10.6 Å². The van der Waals surface area contributed by atoms with Gasteiger partial charge in [0.15, 0.2) is 0 Å². The second-order valence-electron chi connectivity index (χ2n) is 8.15. The van der Waals surface area contributed by atoms with Crippen LogP contribution in [0.1, 0.15) is 25.8 Å². The molecular formula is C26H30N5O6S-. The van der Waals surface area contributed by atoms with Crippen molar-refractivity contribution in [2.45, 2.75) is 37.6 Å². The van der Waals surface area contributed by atoms with Gasteiger partial charge in [-0.2, -0.15) is 4.98 Å². The van der Waals surface area contributed by atoms with Crippen LogP contribution in [0.25, 0.3) is 11.1 Å². The lowest BCUT2D eigenvalue weighted by Crippen LogP contribution is -2.21. The van der Waals surface area contributed by atoms with Crippen LogP contribution < -0.4 is 10.6 Å². The van der Waals surface area contributed by atoms with E-state index in [-0.39, 0.29) is 31.6 Å². The zero-order valence-electron chi connectivity index (χ0n) is 21.3. The van der Waals surface area contributed by atoms with Gasteiger partial charge in [-0.1, -0.05) is 41.3 Å². The molecule has 0 radical (unpaired) electrons. The molecule has 2 aromatic carbocycles. The van der Waals surface area contributed by atoms with Crippen LogP contribution in [0.3, 0.4) is 0 Å². The molecule has 202 valence electrons. The van der Waals surface area contributed by atoms with Gasteiger partial charge in [0.2, 0.25) is 5.95 Å². The Labute approximate surface area is 222 Å². The zero-order chi connectivity index (χ0) is 27.5. The molecule has 3 rings (SSSR count). The lowest BCUT2D eigenvalue weighted by Gasteiger charge is -2.17. The van der Waals surface area contributed by atoms with Crippen molar-refractivity contribution in [3.63, 3.8) is 0 Å². The van der Waals surface area contributed by atoms with E-state index >= 15 is 0 Å². The number of rotatable bonds is 11. The van der Waals surface area contributed by atoms with Crippen LogP contribution >= 0.6 is 0 Å². The summed E-state index contributed by atoms with van der Waals surface area (Å²) in [5, 5.41) is 15.9. The molecule has 0 fully saturated rings. The maximum absolute atomic E-state index is 12.2. The molecule has 38 heavy (non-hydrogen) atoms. The van der Waals surface area contributed by atoms with Crippen LogP contribution in [0.4, 0.5) is 22.2 Å². The van der Waals surface area contributed by atoms with Crippen molar-refractivity contribution in [2.75, 3.05) is 31.0 Å². The molecule has 0 saturated carbocycles. The smallest absolute Gasteiger partial charge is 0.410 e. The Hall–Kier alpha value is -4.03. The molecule has 1 aromatic heterocycles. The average Bonchev–Trinajstić information content (AvgIpc) is 2.92. The molecule has 11 nitrogen and oxygen atoms in total. The van der Waals surface area contributed by atoms with Gasteiger partial charge in [0, 0.05) is 29.9 Å². The number of hydrogen-bond acceptors (Lipinski definition) is 11. The Bertz CT molecular complexity index is 1340. The van der Waals surface area contributed by atoms with Crippen molar-refractivity contribution in [2.24, 2.45) is 4.36 Å². The largest absolute Gasteiger partial charge is 0.469 e. The number of nitrogens with one attached hydrogen (secondary N) is 2. The quantitative estimate of drug-likeness (QED) is 0.235. The number of aliphatic hydroxyl groups excluding tert-OH is 1. The highest BCUT2D eigenvalue weighted by atomic mass is 32.2. The number of esters is 1. The third kappa shape index (κ3) is 8.25. The highest BCUT2D eigenvalue weighted by Gasteiger charge is 2.13. The number of nitrogens with zero attached hydrogens (tertiary/aromatic N) is 3. The van der Waals surface area contributed by atoms with Crippen molar-refractivity contribution in [3.05, 3.63) is 60.3 Å². The number of amides is 1. The van der Waals surface area contributed by atoms with Crippen LogP contribution in [-0.4, -0.2) is 53.5 Å². The summed E-state index contributed by atoms with van der Waals surface area (Å²) >= 11 is 0. The zero-order valence-corrected chi connectivity index (χ0v) is 22.2. The van der Waals surface area contributed by atoms with E-state index in [0.717, 1.165) is 16.7 Å². The van der Waals surface area contributed by atoms with Crippen molar-refractivity contribution in [1.82, 2.24) is 9.97 Å². The fourth-order valence-corrected chi connectivity index (χ4v) is 4.00. The highest BCUT2D eigenvalue weighted by molar-refractivity contribution is 7.75. The number of aryl methyl sites for hydroxylation is 1. The van der Waals surface area contributed by atoms with Crippen LogP contribution in [0.5, 0.6) is 0 Å². The maximum Gasteiger partial charge on any atom is 0.410 e. The van der Waals surface area contributed by atoms with E-state index in [0.29, 0.717) is 28.8 Å². The van der Waals surface area contributed by atoms with Gasteiger partial charge in [0.05, 0.1) is 20.3 Å². The SMILES string of the molecule is CCOC(=O)N=[S-](=O)c1ccc(Nc2ncc(-c3cccc(CCC(=O)OC)c3)c(N[C@H](C)CO)n2)cc1. The average molecular weight is 541 g/mol. The van der Waals surface area contributed by atoms with Crippen molar-refractivity contribution >= 4 is 40.1 Å². The lowest BCUT2D eigenvalue weighted by molar-refractivity contribution is -0.140. The number of methoxy groups -OCH3 is 1. The minimum atomic E-state index is -1.88. The summed E-state index contributed by atoms with van der Waals surface area (Å²) in [6, 6.07) is 13.9. The molecule has 0 bridgehead atoms. The van der Waals surface area contributed by atoms with E-state index in [1.165, 1.54) is 7.11 Å². The first-order chi connectivity index (χ1) is 18.3. The number of carbonyl (C=O) groups excluding carboxylic acids is 2. The molecule has 0 aliphatic rings. The first-order valence-corrected chi connectivity index (χ1v) is 13.0. The van der Waals surface area contributed by atoms with E-state index in [1.54, 1.807) is 37.4 Å². The van der Waals surface area contributed by atoms with E-state index in [9.17, 15) is 18.9 Å². The number of anilines is 3. The summed E-state index contributed by atoms with van der Waals surface area (Å²) < 4.78 is 25.1. The molecular weight excluding hydrogens is 510 g/mol. The molecule has 3 aromatic rings. The molecule has 1 atom stereocenters. The van der Waals surface area contributed by atoms with Crippen LogP contribution in [0.2, 0.25) is 0 Å². The third-order valence-corrected chi connectivity index (χ3v) is 6.26. The number of ether oxygens (including phenoxy) is 2. The summed E-state index contributed by atoms with van der Waals surface area (Å²) in [7, 11) is -0.516. The van der Waals surface area contributed by atoms with Crippen LogP contribution in [0.15, 0.2) is 64.0 Å². The Balaban J connectivity index is 1.83. The number of hydrogen-bond donors (Lipinski definition) is 3. The Morgan fingerprint density at radius 2 is 1.95 bits per heavy atom. The first kappa shape index (κ1) is 28.5. The standard InChI is InChI=1S/C26H30N5O6S/c1-4-37-26(34)31-38(35)21-11-9-20(10-12-21)29-25-27-15-22(24(30-25)28-17(2)16-32)19-7-5-6-18(14-19)8-13-23(33)36-3/h5-7,9-12,14-15,17,32H,4,8,13,16H2,1-3H3,(H2,27,28,29,30)/q-1/t17-/m1/s1.